The van der Waals surface area contributed by atoms with Crippen molar-refractivity contribution in [1.29, 1.82) is 0 Å². The Kier molecular flexibility index (Phi) is 7.13. The van der Waals surface area contributed by atoms with E-state index >= 15 is 0 Å². The number of nitrogens with two attached hydrogens (primary N) is 1. The summed E-state index contributed by atoms with van der Waals surface area (Å²) in [5.41, 5.74) is 10.0. The lowest BCUT2D eigenvalue weighted by Gasteiger charge is -2.37. The smallest absolute Gasteiger partial charge is 0.0352 e. The maximum absolute atomic E-state index is 6.38. The van der Waals surface area contributed by atoms with Crippen molar-refractivity contribution in [3.8, 4) is 0 Å². The molecule has 0 radical (unpaired) electrons. The highest BCUT2D eigenvalue weighted by Gasteiger charge is 2.29. The van der Waals surface area contributed by atoms with Gasteiger partial charge in [-0.15, -0.1) is 0 Å². The molecule has 1 heterocycles. The molecule has 3 rings (SSSR count). The van der Waals surface area contributed by atoms with Gasteiger partial charge in [0.1, 0.15) is 0 Å². The minimum atomic E-state index is 0.416. The lowest BCUT2D eigenvalue weighted by atomic mass is 9.75. The summed E-state index contributed by atoms with van der Waals surface area (Å²) in [6.07, 6.45) is 7.96. The number of para-hydroxylation sites is 1. The van der Waals surface area contributed by atoms with Crippen LogP contribution in [-0.4, -0.2) is 24.5 Å². The summed E-state index contributed by atoms with van der Waals surface area (Å²) in [6, 6.07) is 19.4. The molecule has 0 amide bonds. The molecule has 1 aliphatic heterocycles. The number of unbranched alkanes of at least 4 members (excludes halogenated alkanes) is 3. The molecule has 0 saturated carbocycles. The van der Waals surface area contributed by atoms with Crippen LogP contribution in [0.1, 0.15) is 62.5 Å². The molecule has 140 valence electrons. The number of benzene rings is 2. The lowest BCUT2D eigenvalue weighted by Crippen LogP contribution is -2.36. The van der Waals surface area contributed by atoms with Crippen molar-refractivity contribution in [3.63, 3.8) is 0 Å². The SMILES string of the molecule is CCCCCCN1CCC(C(c2ccccc2)c2ccccc2N)CC1. The van der Waals surface area contributed by atoms with Gasteiger partial charge < -0.3 is 10.6 Å². The third-order valence-corrected chi connectivity index (χ3v) is 5.92. The molecular weight excluding hydrogens is 316 g/mol. The van der Waals surface area contributed by atoms with Crippen molar-refractivity contribution in [2.24, 2.45) is 5.92 Å². The van der Waals surface area contributed by atoms with Gasteiger partial charge in [-0.1, -0.05) is 74.7 Å². The van der Waals surface area contributed by atoms with Crippen LogP contribution in [0.25, 0.3) is 0 Å². The zero-order valence-corrected chi connectivity index (χ0v) is 16.2. The van der Waals surface area contributed by atoms with Gasteiger partial charge in [0, 0.05) is 11.6 Å². The first-order valence-electron chi connectivity index (χ1n) is 10.4. The fraction of sp³-hybridized carbons (Fsp3) is 0.500. The van der Waals surface area contributed by atoms with Crippen molar-refractivity contribution in [1.82, 2.24) is 4.90 Å². The molecule has 2 heteroatoms. The molecule has 1 unspecified atom stereocenters. The Hall–Kier alpha value is -1.80. The average molecular weight is 351 g/mol. The molecule has 2 N–H and O–H groups in total. The second-order valence-electron chi connectivity index (χ2n) is 7.76. The molecule has 0 bridgehead atoms. The zero-order valence-electron chi connectivity index (χ0n) is 16.2. The van der Waals surface area contributed by atoms with E-state index in [1.807, 2.05) is 12.1 Å². The van der Waals surface area contributed by atoms with Crippen LogP contribution in [0.3, 0.4) is 0 Å². The Labute approximate surface area is 159 Å². The first-order chi connectivity index (χ1) is 12.8. The predicted octanol–water partition coefficient (Wildman–Crippen LogP) is 5.69. The van der Waals surface area contributed by atoms with Gasteiger partial charge in [0.05, 0.1) is 0 Å². The third kappa shape index (κ3) is 4.88. The molecule has 1 fully saturated rings. The number of likely N-dealkylation sites (tertiary alicyclic amines) is 1. The third-order valence-electron chi connectivity index (χ3n) is 5.92. The monoisotopic (exact) mass is 350 g/mol. The summed E-state index contributed by atoms with van der Waals surface area (Å²) in [5.74, 6) is 1.09. The second-order valence-corrected chi connectivity index (χ2v) is 7.76. The molecule has 1 aliphatic rings. The van der Waals surface area contributed by atoms with E-state index < -0.39 is 0 Å². The van der Waals surface area contributed by atoms with Crippen molar-refractivity contribution >= 4 is 5.69 Å². The van der Waals surface area contributed by atoms with Gasteiger partial charge in [-0.2, -0.15) is 0 Å². The van der Waals surface area contributed by atoms with Gasteiger partial charge in [-0.05, 0) is 62.0 Å². The van der Waals surface area contributed by atoms with Crippen LogP contribution >= 0.6 is 0 Å². The number of hydrogen-bond donors (Lipinski definition) is 1. The Morgan fingerprint density at radius 3 is 2.31 bits per heavy atom. The topological polar surface area (TPSA) is 29.3 Å². The molecular formula is C24H34N2. The molecule has 1 atom stereocenters. The Morgan fingerprint density at radius 2 is 1.62 bits per heavy atom. The summed E-state index contributed by atoms with van der Waals surface area (Å²) in [7, 11) is 0. The van der Waals surface area contributed by atoms with Crippen LogP contribution in [0.4, 0.5) is 5.69 Å². The van der Waals surface area contributed by atoms with Crippen LogP contribution < -0.4 is 5.73 Å². The predicted molar refractivity (Wildman–Crippen MR) is 112 cm³/mol. The summed E-state index contributed by atoms with van der Waals surface area (Å²) >= 11 is 0. The summed E-state index contributed by atoms with van der Waals surface area (Å²) < 4.78 is 0. The highest BCUT2D eigenvalue weighted by molar-refractivity contribution is 5.52. The van der Waals surface area contributed by atoms with Crippen molar-refractivity contribution < 1.29 is 0 Å². The van der Waals surface area contributed by atoms with Crippen LogP contribution in [0.5, 0.6) is 0 Å². The average Bonchev–Trinajstić information content (AvgIpc) is 2.69. The van der Waals surface area contributed by atoms with Gasteiger partial charge in [0.2, 0.25) is 0 Å². The maximum Gasteiger partial charge on any atom is 0.0352 e. The van der Waals surface area contributed by atoms with Crippen LogP contribution in [0, 0.1) is 5.92 Å². The maximum atomic E-state index is 6.38. The molecule has 1 saturated heterocycles. The minimum Gasteiger partial charge on any atom is -0.398 e. The highest BCUT2D eigenvalue weighted by Crippen LogP contribution is 2.40. The molecule has 26 heavy (non-hydrogen) atoms. The van der Waals surface area contributed by atoms with Gasteiger partial charge in [0.25, 0.3) is 0 Å². The van der Waals surface area contributed by atoms with Gasteiger partial charge >= 0.3 is 0 Å². The van der Waals surface area contributed by atoms with Gasteiger partial charge in [-0.25, -0.2) is 0 Å². The fourth-order valence-electron chi connectivity index (χ4n) is 4.43. The molecule has 0 spiro atoms. The largest absolute Gasteiger partial charge is 0.398 e. The molecule has 2 aromatic carbocycles. The van der Waals surface area contributed by atoms with E-state index in [2.05, 4.69) is 54.3 Å². The van der Waals surface area contributed by atoms with E-state index in [4.69, 9.17) is 5.73 Å². The van der Waals surface area contributed by atoms with Gasteiger partial charge in [-0.3, -0.25) is 0 Å². The zero-order chi connectivity index (χ0) is 18.2. The molecule has 0 aromatic heterocycles. The van der Waals surface area contributed by atoms with Crippen LogP contribution in [0.15, 0.2) is 54.6 Å². The quantitative estimate of drug-likeness (QED) is 0.489. The van der Waals surface area contributed by atoms with Crippen molar-refractivity contribution in [3.05, 3.63) is 65.7 Å². The Balaban J connectivity index is 1.69. The second kappa shape index (κ2) is 9.78. The summed E-state index contributed by atoms with van der Waals surface area (Å²) in [6.45, 7) is 6.01. The summed E-state index contributed by atoms with van der Waals surface area (Å²) in [4.78, 5) is 2.67. The number of hydrogen-bond acceptors (Lipinski definition) is 2. The van der Waals surface area contributed by atoms with Crippen LogP contribution in [-0.2, 0) is 0 Å². The number of anilines is 1. The summed E-state index contributed by atoms with van der Waals surface area (Å²) in [5, 5.41) is 0. The fourth-order valence-corrected chi connectivity index (χ4v) is 4.43. The van der Waals surface area contributed by atoms with E-state index in [0.29, 0.717) is 11.8 Å². The highest BCUT2D eigenvalue weighted by atomic mass is 15.1. The van der Waals surface area contributed by atoms with E-state index in [0.717, 1.165) is 5.69 Å². The van der Waals surface area contributed by atoms with E-state index in [1.165, 1.54) is 69.3 Å². The first-order valence-corrected chi connectivity index (χ1v) is 10.4. The molecule has 2 nitrogen and oxygen atoms in total. The van der Waals surface area contributed by atoms with E-state index in [1.54, 1.807) is 0 Å². The first kappa shape index (κ1) is 19.0. The van der Waals surface area contributed by atoms with Crippen molar-refractivity contribution in [2.75, 3.05) is 25.4 Å². The number of nitrogens with zero attached hydrogens (tertiary/aromatic N) is 1. The standard InChI is InChI=1S/C24H34N2/c1-2-3-4-10-17-26-18-15-21(16-19-26)24(20-11-6-5-7-12-20)22-13-8-9-14-23(22)25/h5-9,11-14,21,24H,2-4,10,15-19,25H2,1H3. The van der Waals surface area contributed by atoms with Gasteiger partial charge in [0.15, 0.2) is 0 Å². The van der Waals surface area contributed by atoms with Crippen LogP contribution in [0.2, 0.25) is 0 Å². The molecule has 2 aromatic rings. The minimum absolute atomic E-state index is 0.416. The number of rotatable bonds is 8. The Morgan fingerprint density at radius 1 is 0.923 bits per heavy atom. The van der Waals surface area contributed by atoms with Crippen molar-refractivity contribution in [2.45, 2.75) is 51.4 Å². The van der Waals surface area contributed by atoms with E-state index in [-0.39, 0.29) is 0 Å². The van der Waals surface area contributed by atoms with E-state index in [9.17, 15) is 0 Å². The normalized spacial score (nSPS) is 17.3. The number of piperidine rings is 1. The number of nitrogen functional groups attached to an aromatic ring is 1. The molecule has 0 aliphatic carbocycles. The Bertz CT molecular complexity index is 644. The lowest BCUT2D eigenvalue weighted by molar-refractivity contribution is 0.172.